The number of aromatic nitrogens is 1. The third-order valence-electron chi connectivity index (χ3n) is 3.22. The summed E-state index contributed by atoms with van der Waals surface area (Å²) in [4.78, 5) is 6.35. The molecule has 1 N–H and O–H groups in total. The molecule has 4 nitrogen and oxygen atoms in total. The van der Waals surface area contributed by atoms with Crippen molar-refractivity contribution in [2.45, 2.75) is 19.6 Å². The predicted octanol–water partition coefficient (Wildman–Crippen LogP) is 2.65. The van der Waals surface area contributed by atoms with Gasteiger partial charge in [0.25, 0.3) is 0 Å². The van der Waals surface area contributed by atoms with Gasteiger partial charge in [-0.05, 0) is 32.2 Å². The van der Waals surface area contributed by atoms with Crippen molar-refractivity contribution in [3.63, 3.8) is 0 Å². The van der Waals surface area contributed by atoms with Gasteiger partial charge >= 0.3 is 0 Å². The summed E-state index contributed by atoms with van der Waals surface area (Å²) in [5, 5.41) is 10.4. The summed E-state index contributed by atoms with van der Waals surface area (Å²) in [7, 11) is 1.97. The molecule has 2 rings (SSSR count). The third-order valence-corrected chi connectivity index (χ3v) is 3.22. The van der Waals surface area contributed by atoms with Gasteiger partial charge in [-0.15, -0.1) is 0 Å². The number of pyridine rings is 1. The van der Waals surface area contributed by atoms with Crippen molar-refractivity contribution >= 4 is 0 Å². The summed E-state index contributed by atoms with van der Waals surface area (Å²) in [6.07, 6.45) is 1.20. The number of likely N-dealkylation sites (N-methyl/N-ethyl adjacent to an activating group) is 1. The molecule has 0 amide bonds. The van der Waals surface area contributed by atoms with Crippen LogP contribution in [0.2, 0.25) is 0 Å². The van der Waals surface area contributed by atoms with Gasteiger partial charge in [-0.1, -0.05) is 24.3 Å². The summed E-state index contributed by atoms with van der Waals surface area (Å²) < 4.78 is 5.57. The molecule has 1 aromatic carbocycles. The van der Waals surface area contributed by atoms with E-state index in [1.807, 2.05) is 56.4 Å². The topological polar surface area (TPSA) is 45.6 Å². The number of aliphatic hydroxyl groups is 1. The number of hydrogen-bond acceptors (Lipinski definition) is 4. The second-order valence-electron chi connectivity index (χ2n) is 5.00. The normalized spacial score (nSPS) is 12.4. The Kier molecular flexibility index (Phi) is 5.72. The van der Waals surface area contributed by atoms with E-state index < -0.39 is 6.10 Å². The van der Waals surface area contributed by atoms with E-state index in [-0.39, 0.29) is 0 Å². The van der Waals surface area contributed by atoms with E-state index in [1.165, 1.54) is 0 Å². The number of ether oxygens (including phenoxy) is 1. The fourth-order valence-electron chi connectivity index (χ4n) is 2.27. The zero-order valence-corrected chi connectivity index (χ0v) is 12.6. The van der Waals surface area contributed by atoms with Crippen molar-refractivity contribution in [3.8, 4) is 5.75 Å². The van der Waals surface area contributed by atoms with Crippen molar-refractivity contribution in [1.29, 1.82) is 0 Å². The van der Waals surface area contributed by atoms with Crippen LogP contribution in [0.3, 0.4) is 0 Å². The Balaban J connectivity index is 1.99. The zero-order valence-electron chi connectivity index (χ0n) is 12.6. The lowest BCUT2D eigenvalue weighted by Gasteiger charge is -2.22. The lowest BCUT2D eigenvalue weighted by Crippen LogP contribution is -2.25. The van der Waals surface area contributed by atoms with Crippen LogP contribution < -0.4 is 4.74 Å². The van der Waals surface area contributed by atoms with Gasteiger partial charge in [-0.25, -0.2) is 0 Å². The Bertz CT molecular complexity index is 545. The number of rotatable bonds is 7. The highest BCUT2D eigenvalue weighted by atomic mass is 16.5. The fourth-order valence-corrected chi connectivity index (χ4v) is 2.27. The van der Waals surface area contributed by atoms with E-state index in [1.54, 1.807) is 6.20 Å². The number of nitrogens with zero attached hydrogens (tertiary/aromatic N) is 2. The highest BCUT2D eigenvalue weighted by molar-refractivity contribution is 5.35. The Hall–Kier alpha value is -1.91. The highest BCUT2D eigenvalue weighted by Gasteiger charge is 2.15. The first kappa shape index (κ1) is 15.5. The average molecular weight is 286 g/mol. The monoisotopic (exact) mass is 286 g/mol. The number of benzene rings is 1. The minimum Gasteiger partial charge on any atom is -0.493 e. The molecule has 0 radical (unpaired) electrons. The predicted molar refractivity (Wildman–Crippen MR) is 83.1 cm³/mol. The third kappa shape index (κ3) is 4.55. The first-order valence-electron chi connectivity index (χ1n) is 7.19. The maximum atomic E-state index is 10.4. The van der Waals surface area contributed by atoms with E-state index in [4.69, 9.17) is 4.74 Å². The second kappa shape index (κ2) is 7.76. The van der Waals surface area contributed by atoms with E-state index in [2.05, 4.69) is 9.88 Å². The molecule has 0 spiro atoms. The van der Waals surface area contributed by atoms with Gasteiger partial charge in [-0.2, -0.15) is 0 Å². The standard InChI is InChI=1S/C17H22N2O2/c1-3-21-17-10-5-4-9-15(17)16(20)13-19(2)12-14-8-6-7-11-18-14/h4-11,16,20H,3,12-13H2,1-2H3. The van der Waals surface area contributed by atoms with E-state index in [0.717, 1.165) is 17.0 Å². The molecule has 0 saturated heterocycles. The van der Waals surface area contributed by atoms with Gasteiger partial charge in [0, 0.05) is 24.8 Å². The Morgan fingerprint density at radius 3 is 2.67 bits per heavy atom. The first-order chi connectivity index (χ1) is 10.2. The minimum atomic E-state index is -0.582. The Labute approximate surface area is 126 Å². The summed E-state index contributed by atoms with van der Waals surface area (Å²) in [6.45, 7) is 3.76. The quantitative estimate of drug-likeness (QED) is 0.850. The lowest BCUT2D eigenvalue weighted by molar-refractivity contribution is 0.120. The molecular formula is C17H22N2O2. The number of para-hydroxylation sites is 1. The minimum absolute atomic E-state index is 0.528. The van der Waals surface area contributed by atoms with Crippen LogP contribution in [0.1, 0.15) is 24.3 Å². The molecule has 0 aliphatic rings. The van der Waals surface area contributed by atoms with Gasteiger partial charge in [0.05, 0.1) is 18.4 Å². The maximum Gasteiger partial charge on any atom is 0.125 e. The van der Waals surface area contributed by atoms with Crippen molar-refractivity contribution in [2.75, 3.05) is 20.2 Å². The van der Waals surface area contributed by atoms with E-state index >= 15 is 0 Å². The number of aliphatic hydroxyl groups excluding tert-OH is 1. The van der Waals surface area contributed by atoms with Gasteiger partial charge in [-0.3, -0.25) is 9.88 Å². The van der Waals surface area contributed by atoms with Crippen LogP contribution in [0.15, 0.2) is 48.7 Å². The van der Waals surface area contributed by atoms with Crippen LogP contribution in [0, 0.1) is 0 Å². The van der Waals surface area contributed by atoms with Crippen molar-refractivity contribution in [3.05, 3.63) is 59.9 Å². The average Bonchev–Trinajstić information content (AvgIpc) is 2.49. The van der Waals surface area contributed by atoms with Crippen LogP contribution in [0.5, 0.6) is 5.75 Å². The molecule has 0 fully saturated rings. The van der Waals surface area contributed by atoms with Crippen LogP contribution in [0.25, 0.3) is 0 Å². The highest BCUT2D eigenvalue weighted by Crippen LogP contribution is 2.25. The Morgan fingerprint density at radius 1 is 1.19 bits per heavy atom. The van der Waals surface area contributed by atoms with E-state index in [0.29, 0.717) is 19.7 Å². The molecule has 4 heteroatoms. The fraction of sp³-hybridized carbons (Fsp3) is 0.353. The lowest BCUT2D eigenvalue weighted by atomic mass is 10.1. The SMILES string of the molecule is CCOc1ccccc1C(O)CN(C)Cc1ccccn1. The molecule has 0 saturated carbocycles. The molecule has 112 valence electrons. The van der Waals surface area contributed by atoms with E-state index in [9.17, 15) is 5.11 Å². The molecule has 1 aromatic heterocycles. The molecule has 1 atom stereocenters. The van der Waals surface area contributed by atoms with Gasteiger partial charge in [0.15, 0.2) is 0 Å². The zero-order chi connectivity index (χ0) is 15.1. The Morgan fingerprint density at radius 2 is 1.95 bits per heavy atom. The summed E-state index contributed by atoms with van der Waals surface area (Å²) >= 11 is 0. The summed E-state index contributed by atoms with van der Waals surface area (Å²) in [5.41, 5.74) is 1.82. The van der Waals surface area contributed by atoms with Crippen LogP contribution in [-0.2, 0) is 6.54 Å². The van der Waals surface area contributed by atoms with Crippen molar-refractivity contribution in [1.82, 2.24) is 9.88 Å². The molecule has 0 bridgehead atoms. The van der Waals surface area contributed by atoms with Crippen LogP contribution in [0.4, 0.5) is 0 Å². The van der Waals surface area contributed by atoms with Gasteiger partial charge in [0.2, 0.25) is 0 Å². The van der Waals surface area contributed by atoms with Crippen molar-refractivity contribution < 1.29 is 9.84 Å². The molecule has 0 aliphatic carbocycles. The molecule has 2 aromatic rings. The van der Waals surface area contributed by atoms with Crippen molar-refractivity contribution in [2.24, 2.45) is 0 Å². The molecule has 1 heterocycles. The van der Waals surface area contributed by atoms with Gasteiger partial charge in [0.1, 0.15) is 5.75 Å². The first-order valence-corrected chi connectivity index (χ1v) is 7.19. The van der Waals surface area contributed by atoms with Crippen LogP contribution in [-0.4, -0.2) is 35.2 Å². The molecule has 0 aliphatic heterocycles. The van der Waals surface area contributed by atoms with Crippen LogP contribution >= 0.6 is 0 Å². The smallest absolute Gasteiger partial charge is 0.125 e. The summed E-state index contributed by atoms with van der Waals surface area (Å²) in [6, 6.07) is 13.5. The summed E-state index contributed by atoms with van der Waals surface area (Å²) in [5.74, 6) is 0.749. The number of hydrogen-bond donors (Lipinski definition) is 1. The molecular weight excluding hydrogens is 264 g/mol. The second-order valence-corrected chi connectivity index (χ2v) is 5.00. The molecule has 1 unspecified atom stereocenters. The largest absolute Gasteiger partial charge is 0.493 e. The molecule has 21 heavy (non-hydrogen) atoms. The maximum absolute atomic E-state index is 10.4. The van der Waals surface area contributed by atoms with Gasteiger partial charge < -0.3 is 9.84 Å².